The minimum Gasteiger partial charge on any atom is -0.462 e. The number of ether oxygens (including phenoxy) is 2. The van der Waals surface area contributed by atoms with Crippen molar-refractivity contribution in [2.45, 2.75) is 527 Å². The quantitative estimate of drug-likeness (QED) is 0.0211. The molecule has 0 aliphatic rings. The van der Waals surface area contributed by atoms with Crippen LogP contribution in [-0.4, -0.2) is 74.9 Å². The molecule has 0 heterocycles. The number of quaternary nitrogens is 1. The summed E-state index contributed by atoms with van der Waals surface area (Å²) in [6, 6.07) is 0. The van der Waals surface area contributed by atoms with Crippen molar-refractivity contribution in [1.82, 2.24) is 0 Å². The zero-order valence-corrected chi connectivity index (χ0v) is 71.5. The molecule has 0 rings (SSSR count). The molecule has 0 aliphatic heterocycles. The molecule has 2 unspecified atom stereocenters. The van der Waals surface area contributed by atoms with Crippen LogP contribution in [-0.2, 0) is 32.7 Å². The highest BCUT2D eigenvalue weighted by molar-refractivity contribution is 7.47. The molecule has 0 aromatic rings. The number of hydrogen-bond acceptors (Lipinski definition) is 7. The van der Waals surface area contributed by atoms with Crippen molar-refractivity contribution in [2.75, 3.05) is 47.5 Å². The molecule has 0 aliphatic carbocycles. The molecule has 0 aromatic heterocycles. The summed E-state index contributed by atoms with van der Waals surface area (Å²) in [5.74, 6) is -0.763. The van der Waals surface area contributed by atoms with Crippen LogP contribution in [0.4, 0.5) is 0 Å². The standard InChI is InChI=1S/C93H184NO8P/c1-6-8-10-12-14-16-18-20-22-24-26-28-30-32-34-36-38-40-42-44-46-47-48-50-52-54-56-58-60-62-64-66-68-70-72-74-76-78-80-82-84-86-93(96)102-91(90-101-103(97,98)100-88-87-94(3,4)5)89-99-92(95)85-83-81-79-77-75-73-71-69-67-65-63-61-59-57-55-53-51-49-45-43-41-39-37-35-33-31-29-27-25-23-21-19-17-15-13-11-9-7-2/h24,26,91H,6-23,25,27-90H2,1-5H3/p+1/b26-24-. The fourth-order valence-electron chi connectivity index (χ4n) is 14.9. The number of unbranched alkanes of at least 4 members (excludes halogenated alkanes) is 74. The second-order valence-corrected chi connectivity index (χ2v) is 35.2. The van der Waals surface area contributed by atoms with Crippen LogP contribution in [0, 0.1) is 0 Å². The Labute approximate surface area is 645 Å². The lowest BCUT2D eigenvalue weighted by atomic mass is 10.0. The Hall–Kier alpha value is -1.25. The van der Waals surface area contributed by atoms with E-state index in [1.165, 1.54) is 456 Å². The minimum atomic E-state index is -4.39. The highest BCUT2D eigenvalue weighted by Crippen LogP contribution is 2.43. The summed E-state index contributed by atoms with van der Waals surface area (Å²) < 4.78 is 34.9. The van der Waals surface area contributed by atoms with Crippen molar-refractivity contribution >= 4 is 19.8 Å². The van der Waals surface area contributed by atoms with Crippen LogP contribution in [0.1, 0.15) is 521 Å². The molecule has 0 bridgehead atoms. The van der Waals surface area contributed by atoms with Gasteiger partial charge in [-0.15, -0.1) is 0 Å². The second kappa shape index (κ2) is 84.8. The largest absolute Gasteiger partial charge is 0.472 e. The molecule has 0 aromatic carbocycles. The van der Waals surface area contributed by atoms with Crippen molar-refractivity contribution in [3.8, 4) is 0 Å². The molecule has 0 spiro atoms. The van der Waals surface area contributed by atoms with E-state index in [-0.39, 0.29) is 25.6 Å². The van der Waals surface area contributed by atoms with Gasteiger partial charge in [0.25, 0.3) is 0 Å². The molecule has 1 N–H and O–H groups in total. The summed E-state index contributed by atoms with van der Waals surface area (Å²) in [6.45, 7) is 4.55. The summed E-state index contributed by atoms with van der Waals surface area (Å²) >= 11 is 0. The second-order valence-electron chi connectivity index (χ2n) is 33.8. The van der Waals surface area contributed by atoms with Gasteiger partial charge in [-0.05, 0) is 38.5 Å². The minimum absolute atomic E-state index is 0.0374. The topological polar surface area (TPSA) is 108 Å². The maximum atomic E-state index is 13.0. The average Bonchev–Trinajstić information content (AvgIpc) is 0.971. The van der Waals surface area contributed by atoms with Crippen LogP contribution in [0.3, 0.4) is 0 Å². The first kappa shape index (κ1) is 102. The molecule has 0 amide bonds. The fourth-order valence-corrected chi connectivity index (χ4v) is 15.6. The van der Waals surface area contributed by atoms with Gasteiger partial charge in [-0.2, -0.15) is 0 Å². The summed E-state index contributed by atoms with van der Waals surface area (Å²) in [5, 5.41) is 0. The summed E-state index contributed by atoms with van der Waals surface area (Å²) in [5.41, 5.74) is 0. The third-order valence-corrected chi connectivity index (χ3v) is 23.0. The number of carbonyl (C=O) groups excluding carboxylic acids is 2. The predicted octanol–water partition coefficient (Wildman–Crippen LogP) is 31.7. The Morgan fingerprint density at radius 3 is 0.718 bits per heavy atom. The van der Waals surface area contributed by atoms with Crippen molar-refractivity contribution in [3.63, 3.8) is 0 Å². The van der Waals surface area contributed by atoms with E-state index < -0.39 is 26.5 Å². The van der Waals surface area contributed by atoms with Crippen LogP contribution >= 0.6 is 7.82 Å². The number of carbonyl (C=O) groups is 2. The summed E-state index contributed by atoms with van der Waals surface area (Å²) in [4.78, 5) is 36.1. The molecular weight excluding hydrogens is 1290 g/mol. The molecular formula is C93H185NO8P+. The summed E-state index contributed by atoms with van der Waals surface area (Å²) in [7, 11) is 1.51. The fraction of sp³-hybridized carbons (Fsp3) is 0.957. The molecule has 0 saturated heterocycles. The van der Waals surface area contributed by atoms with E-state index in [0.717, 1.165) is 38.5 Å². The van der Waals surface area contributed by atoms with E-state index >= 15 is 0 Å². The van der Waals surface area contributed by atoms with Gasteiger partial charge >= 0.3 is 19.8 Å². The van der Waals surface area contributed by atoms with Gasteiger partial charge in [-0.25, -0.2) is 4.57 Å². The monoisotopic (exact) mass is 1480 g/mol. The highest BCUT2D eigenvalue weighted by Gasteiger charge is 2.27. The van der Waals surface area contributed by atoms with Crippen molar-refractivity contribution in [3.05, 3.63) is 12.2 Å². The van der Waals surface area contributed by atoms with Gasteiger partial charge in [0, 0.05) is 12.8 Å². The summed E-state index contributed by atoms with van der Waals surface area (Å²) in [6.07, 6.45) is 110. The maximum absolute atomic E-state index is 13.0. The van der Waals surface area contributed by atoms with Gasteiger partial charge in [-0.3, -0.25) is 18.6 Å². The van der Waals surface area contributed by atoms with Gasteiger partial charge in [-0.1, -0.05) is 482 Å². The van der Waals surface area contributed by atoms with Gasteiger partial charge in [0.15, 0.2) is 6.10 Å². The molecule has 9 nitrogen and oxygen atoms in total. The van der Waals surface area contributed by atoms with E-state index in [1.807, 2.05) is 21.1 Å². The van der Waals surface area contributed by atoms with Crippen molar-refractivity contribution in [1.29, 1.82) is 0 Å². The normalized spacial score (nSPS) is 12.9. The molecule has 0 radical (unpaired) electrons. The number of allylic oxidation sites excluding steroid dienone is 2. The molecule has 614 valence electrons. The lowest BCUT2D eigenvalue weighted by molar-refractivity contribution is -0.870. The third-order valence-electron chi connectivity index (χ3n) is 22.0. The predicted molar refractivity (Wildman–Crippen MR) is 451 cm³/mol. The number of phosphoric acid groups is 1. The number of phosphoric ester groups is 1. The smallest absolute Gasteiger partial charge is 0.462 e. The van der Waals surface area contributed by atoms with Crippen molar-refractivity contribution in [2.24, 2.45) is 0 Å². The molecule has 10 heteroatoms. The van der Waals surface area contributed by atoms with Gasteiger partial charge < -0.3 is 18.9 Å². The van der Waals surface area contributed by atoms with Crippen LogP contribution in [0.5, 0.6) is 0 Å². The Kier molecular flexibility index (Phi) is 83.7. The Morgan fingerprint density at radius 1 is 0.291 bits per heavy atom. The molecule has 103 heavy (non-hydrogen) atoms. The van der Waals surface area contributed by atoms with Crippen LogP contribution in [0.25, 0.3) is 0 Å². The third kappa shape index (κ3) is 89.5. The molecule has 2 atom stereocenters. The Balaban J connectivity index is 3.80. The highest BCUT2D eigenvalue weighted by atomic mass is 31.2. The van der Waals surface area contributed by atoms with Crippen LogP contribution < -0.4 is 0 Å². The molecule has 0 fully saturated rings. The Morgan fingerprint density at radius 2 is 0.495 bits per heavy atom. The lowest BCUT2D eigenvalue weighted by Gasteiger charge is -2.24. The SMILES string of the molecule is CCCCCCCCCC/C=C\CCCCCCCCCCCCCCCCCCCCCCCCCCCCCCCC(=O)OC(COC(=O)CCCCCCCCCCCCCCCCCCCCCCCCCCCCCCCCCCCCCCCC)COP(=O)(O)OCC[N+](C)(C)C. The van der Waals surface area contributed by atoms with E-state index in [9.17, 15) is 19.0 Å². The number of likely N-dealkylation sites (N-methyl/N-ethyl adjacent to an activating group) is 1. The average molecular weight is 1480 g/mol. The van der Waals surface area contributed by atoms with Gasteiger partial charge in [0.1, 0.15) is 19.8 Å². The maximum Gasteiger partial charge on any atom is 0.472 e. The van der Waals surface area contributed by atoms with E-state index in [1.54, 1.807) is 0 Å². The van der Waals surface area contributed by atoms with Gasteiger partial charge in [0.05, 0.1) is 27.7 Å². The lowest BCUT2D eigenvalue weighted by Crippen LogP contribution is -2.37. The Bertz CT molecular complexity index is 1740. The van der Waals surface area contributed by atoms with Crippen LogP contribution in [0.2, 0.25) is 0 Å². The zero-order valence-electron chi connectivity index (χ0n) is 70.6. The number of rotatable bonds is 90. The van der Waals surface area contributed by atoms with E-state index in [4.69, 9.17) is 18.5 Å². The van der Waals surface area contributed by atoms with E-state index in [2.05, 4.69) is 26.0 Å². The number of hydrogen-bond donors (Lipinski definition) is 1. The zero-order chi connectivity index (χ0) is 74.7. The number of esters is 2. The van der Waals surface area contributed by atoms with Crippen molar-refractivity contribution < 1.29 is 42.1 Å². The van der Waals surface area contributed by atoms with Crippen LogP contribution in [0.15, 0.2) is 12.2 Å². The first-order valence-corrected chi connectivity index (χ1v) is 48.4. The van der Waals surface area contributed by atoms with Gasteiger partial charge in [0.2, 0.25) is 0 Å². The first-order chi connectivity index (χ1) is 50.5. The number of nitrogens with zero attached hydrogens (tertiary/aromatic N) is 1. The molecule has 0 saturated carbocycles. The van der Waals surface area contributed by atoms with E-state index in [0.29, 0.717) is 17.4 Å². The first-order valence-electron chi connectivity index (χ1n) is 46.9.